The molecule has 0 aromatic carbocycles. The van der Waals surface area contributed by atoms with Crippen molar-refractivity contribution in [3.05, 3.63) is 16.1 Å². The number of hydrogen-bond acceptors (Lipinski definition) is 4. The lowest BCUT2D eigenvalue weighted by Gasteiger charge is -2.18. The molecule has 2 rings (SSSR count). The van der Waals surface area contributed by atoms with Crippen molar-refractivity contribution < 1.29 is 0 Å². The Balaban J connectivity index is 0.00000162. The van der Waals surface area contributed by atoms with Gasteiger partial charge in [-0.25, -0.2) is 4.98 Å². The second kappa shape index (κ2) is 9.14. The van der Waals surface area contributed by atoms with Gasteiger partial charge in [-0.3, -0.25) is 4.90 Å². The molecule has 0 saturated carbocycles. The zero-order valence-corrected chi connectivity index (χ0v) is 14.1. The van der Waals surface area contributed by atoms with Crippen molar-refractivity contribution in [2.24, 2.45) is 5.73 Å². The molecule has 1 unspecified atom stereocenters. The number of hydrogen-bond donors (Lipinski definition) is 1. The maximum atomic E-state index is 5.99. The number of nitrogens with two attached hydrogens (primary N) is 1. The number of aromatic nitrogens is 1. The van der Waals surface area contributed by atoms with Gasteiger partial charge in [-0.2, -0.15) is 0 Å². The second-order valence-corrected chi connectivity index (χ2v) is 6.23. The first-order valence-corrected chi connectivity index (χ1v) is 7.45. The molecule has 1 atom stereocenters. The SMILES string of the molecule is CC(C)c1csc(CN2CCCC(N)CC2)n1.Cl.Cl. The highest BCUT2D eigenvalue weighted by molar-refractivity contribution is 7.09. The van der Waals surface area contributed by atoms with Crippen molar-refractivity contribution in [1.82, 2.24) is 9.88 Å². The first kappa shape index (κ1) is 19.1. The zero-order chi connectivity index (χ0) is 12.3. The van der Waals surface area contributed by atoms with Gasteiger partial charge in [0.25, 0.3) is 0 Å². The molecule has 0 aliphatic carbocycles. The molecule has 1 aliphatic rings. The molecule has 1 fully saturated rings. The van der Waals surface area contributed by atoms with Crippen LogP contribution in [0.4, 0.5) is 0 Å². The maximum absolute atomic E-state index is 5.99. The van der Waals surface area contributed by atoms with Crippen molar-refractivity contribution >= 4 is 36.2 Å². The third-order valence-corrected chi connectivity index (χ3v) is 4.24. The highest BCUT2D eigenvalue weighted by atomic mass is 35.5. The lowest BCUT2D eigenvalue weighted by atomic mass is 10.1. The minimum atomic E-state index is 0. The van der Waals surface area contributed by atoms with Gasteiger partial charge >= 0.3 is 0 Å². The third-order valence-electron chi connectivity index (χ3n) is 3.39. The molecule has 2 N–H and O–H groups in total. The standard InChI is InChI=1S/C13H23N3S.2ClH/c1-10(2)12-9-17-13(15-12)8-16-6-3-4-11(14)5-7-16;;/h9-11H,3-8,14H2,1-2H3;2*1H. The molecule has 1 aromatic heterocycles. The molecule has 19 heavy (non-hydrogen) atoms. The van der Waals surface area contributed by atoms with E-state index < -0.39 is 0 Å². The summed E-state index contributed by atoms with van der Waals surface area (Å²) < 4.78 is 0. The molecule has 0 radical (unpaired) electrons. The van der Waals surface area contributed by atoms with Crippen LogP contribution in [-0.2, 0) is 6.54 Å². The smallest absolute Gasteiger partial charge is 0.107 e. The topological polar surface area (TPSA) is 42.1 Å². The molecular formula is C13H25Cl2N3S. The lowest BCUT2D eigenvalue weighted by molar-refractivity contribution is 0.275. The number of likely N-dealkylation sites (tertiary alicyclic amines) is 1. The van der Waals surface area contributed by atoms with Crippen LogP contribution >= 0.6 is 36.2 Å². The molecule has 0 bridgehead atoms. The van der Waals surface area contributed by atoms with Crippen LogP contribution in [0.15, 0.2) is 5.38 Å². The van der Waals surface area contributed by atoms with Crippen molar-refractivity contribution in [2.45, 2.75) is 51.6 Å². The molecule has 3 nitrogen and oxygen atoms in total. The van der Waals surface area contributed by atoms with Gasteiger partial charge in [0.2, 0.25) is 0 Å². The fourth-order valence-corrected chi connectivity index (χ4v) is 3.19. The summed E-state index contributed by atoms with van der Waals surface area (Å²) in [4.78, 5) is 7.19. The van der Waals surface area contributed by atoms with Crippen LogP contribution < -0.4 is 5.73 Å². The van der Waals surface area contributed by atoms with E-state index in [-0.39, 0.29) is 24.8 Å². The van der Waals surface area contributed by atoms with E-state index in [1.807, 2.05) is 0 Å². The molecule has 6 heteroatoms. The number of thiazole rings is 1. The Hall–Kier alpha value is 0.130. The number of rotatable bonds is 3. The van der Waals surface area contributed by atoms with E-state index in [9.17, 15) is 0 Å². The van der Waals surface area contributed by atoms with Crippen molar-refractivity contribution in [2.75, 3.05) is 13.1 Å². The van der Waals surface area contributed by atoms with Crippen molar-refractivity contribution in [3.63, 3.8) is 0 Å². The second-order valence-electron chi connectivity index (χ2n) is 5.29. The average molecular weight is 326 g/mol. The molecule has 1 aromatic rings. The summed E-state index contributed by atoms with van der Waals surface area (Å²) in [5.74, 6) is 0.539. The molecule has 2 heterocycles. The molecule has 0 spiro atoms. The molecular weight excluding hydrogens is 301 g/mol. The monoisotopic (exact) mass is 325 g/mol. The molecule has 112 valence electrons. The van der Waals surface area contributed by atoms with E-state index in [0.29, 0.717) is 12.0 Å². The molecule has 1 saturated heterocycles. The summed E-state index contributed by atoms with van der Waals surface area (Å²) in [6.07, 6.45) is 3.53. The van der Waals surface area contributed by atoms with Gasteiger partial charge in [0.05, 0.1) is 12.2 Å². The molecule has 1 aliphatic heterocycles. The first-order chi connectivity index (χ1) is 8.15. The summed E-state index contributed by atoms with van der Waals surface area (Å²) in [6, 6.07) is 0.405. The van der Waals surface area contributed by atoms with E-state index in [1.54, 1.807) is 11.3 Å². The third kappa shape index (κ3) is 5.96. The lowest BCUT2D eigenvalue weighted by Crippen LogP contribution is -2.26. The van der Waals surface area contributed by atoms with Crippen LogP contribution in [0, 0.1) is 0 Å². The van der Waals surface area contributed by atoms with Gasteiger partial charge in [-0.1, -0.05) is 13.8 Å². The highest BCUT2D eigenvalue weighted by Gasteiger charge is 2.15. The first-order valence-electron chi connectivity index (χ1n) is 6.57. The van der Waals surface area contributed by atoms with Crippen LogP contribution in [0.25, 0.3) is 0 Å². The predicted molar refractivity (Wildman–Crippen MR) is 87.8 cm³/mol. The largest absolute Gasteiger partial charge is 0.328 e. The molecule has 0 amide bonds. The van der Waals surface area contributed by atoms with Gasteiger partial charge in [0.15, 0.2) is 0 Å². The van der Waals surface area contributed by atoms with E-state index in [0.717, 1.165) is 19.5 Å². The van der Waals surface area contributed by atoms with Gasteiger partial charge in [0, 0.05) is 18.0 Å². The van der Waals surface area contributed by atoms with Crippen LogP contribution in [-0.4, -0.2) is 29.0 Å². The summed E-state index contributed by atoms with van der Waals surface area (Å²) in [7, 11) is 0. The van der Waals surface area contributed by atoms with E-state index >= 15 is 0 Å². The number of nitrogens with zero attached hydrogens (tertiary/aromatic N) is 2. The zero-order valence-electron chi connectivity index (χ0n) is 11.7. The average Bonchev–Trinajstić information content (AvgIpc) is 2.65. The van der Waals surface area contributed by atoms with E-state index in [4.69, 9.17) is 10.7 Å². The Morgan fingerprint density at radius 1 is 1.37 bits per heavy atom. The normalized spacial score (nSPS) is 20.5. The predicted octanol–water partition coefficient (Wildman–Crippen LogP) is 3.42. The van der Waals surface area contributed by atoms with Crippen LogP contribution in [0.1, 0.15) is 49.7 Å². The van der Waals surface area contributed by atoms with E-state index in [2.05, 4.69) is 24.1 Å². The van der Waals surface area contributed by atoms with Gasteiger partial charge in [0.1, 0.15) is 5.01 Å². The fraction of sp³-hybridized carbons (Fsp3) is 0.769. The van der Waals surface area contributed by atoms with Crippen LogP contribution in [0.5, 0.6) is 0 Å². The van der Waals surface area contributed by atoms with Crippen molar-refractivity contribution in [3.8, 4) is 0 Å². The van der Waals surface area contributed by atoms with Crippen molar-refractivity contribution in [1.29, 1.82) is 0 Å². The number of halogens is 2. The Labute approximate surface area is 132 Å². The summed E-state index contributed by atoms with van der Waals surface area (Å²) >= 11 is 1.80. The Morgan fingerprint density at radius 2 is 2.11 bits per heavy atom. The van der Waals surface area contributed by atoms with Gasteiger partial charge in [-0.15, -0.1) is 36.2 Å². The Bertz CT molecular complexity index is 357. The minimum Gasteiger partial charge on any atom is -0.328 e. The van der Waals surface area contributed by atoms with Crippen LogP contribution in [0.2, 0.25) is 0 Å². The van der Waals surface area contributed by atoms with E-state index in [1.165, 1.54) is 30.1 Å². The summed E-state index contributed by atoms with van der Waals surface area (Å²) in [5.41, 5.74) is 7.23. The van der Waals surface area contributed by atoms with Gasteiger partial charge in [-0.05, 0) is 31.7 Å². The van der Waals surface area contributed by atoms with Crippen LogP contribution in [0.3, 0.4) is 0 Å². The maximum Gasteiger partial charge on any atom is 0.107 e. The summed E-state index contributed by atoms with van der Waals surface area (Å²) in [5, 5.41) is 3.45. The quantitative estimate of drug-likeness (QED) is 0.925. The Kier molecular flexibility index (Phi) is 9.20. The fourth-order valence-electron chi connectivity index (χ4n) is 2.19. The Morgan fingerprint density at radius 3 is 2.74 bits per heavy atom. The minimum absolute atomic E-state index is 0. The summed E-state index contributed by atoms with van der Waals surface area (Å²) in [6.45, 7) is 7.69. The van der Waals surface area contributed by atoms with Gasteiger partial charge < -0.3 is 5.73 Å². The highest BCUT2D eigenvalue weighted by Crippen LogP contribution is 2.20.